The molecule has 0 unspecified atom stereocenters. The molecule has 0 amide bonds. The van der Waals surface area contributed by atoms with Gasteiger partial charge in [0.05, 0.1) is 6.20 Å². The van der Waals surface area contributed by atoms with Gasteiger partial charge >= 0.3 is 0 Å². The Balaban J connectivity index is 1.86. The molecule has 0 bridgehead atoms. The molecule has 22 heavy (non-hydrogen) atoms. The minimum Gasteiger partial charge on any atom is -0.357 e. The van der Waals surface area contributed by atoms with Crippen LogP contribution in [0.25, 0.3) is 0 Å². The fourth-order valence-corrected chi connectivity index (χ4v) is 3.80. The zero-order chi connectivity index (χ0) is 16.0. The van der Waals surface area contributed by atoms with E-state index in [-0.39, 0.29) is 0 Å². The van der Waals surface area contributed by atoms with Crippen LogP contribution in [0.15, 0.2) is 17.4 Å². The molecule has 0 atom stereocenters. The Hall–Kier alpha value is -1.17. The molecule has 2 heterocycles. The average Bonchev–Trinajstić information content (AvgIpc) is 2.87. The number of aryl methyl sites for hydroxylation is 2. The lowest BCUT2D eigenvalue weighted by molar-refractivity contribution is 0.376. The van der Waals surface area contributed by atoms with E-state index in [1.807, 2.05) is 17.9 Å². The molecule has 2 rings (SSSR count). The topological polar surface area (TPSA) is 45.5 Å². The zero-order valence-corrected chi connectivity index (χ0v) is 15.1. The van der Waals surface area contributed by atoms with Crippen LogP contribution in [-0.2, 0) is 13.5 Å². The van der Waals surface area contributed by atoms with Gasteiger partial charge in [-0.2, -0.15) is 16.9 Å². The van der Waals surface area contributed by atoms with Crippen molar-refractivity contribution in [3.8, 4) is 0 Å². The SMILES string of the molecule is CCNC(=NCCCc1cnn(C)c1)N1CCSC(C)(C)C1. The molecule has 1 aliphatic heterocycles. The molecule has 0 spiro atoms. The number of aromatic nitrogens is 2. The van der Waals surface area contributed by atoms with Gasteiger partial charge < -0.3 is 10.2 Å². The Bertz CT molecular complexity index is 494. The van der Waals surface area contributed by atoms with Crippen molar-refractivity contribution in [1.29, 1.82) is 0 Å². The molecule has 1 N–H and O–H groups in total. The summed E-state index contributed by atoms with van der Waals surface area (Å²) in [5.74, 6) is 2.25. The Kier molecular flexibility index (Phi) is 6.17. The summed E-state index contributed by atoms with van der Waals surface area (Å²) in [5.41, 5.74) is 1.29. The van der Waals surface area contributed by atoms with E-state index in [0.29, 0.717) is 4.75 Å². The van der Waals surface area contributed by atoms with Crippen LogP contribution in [0.2, 0.25) is 0 Å². The predicted octanol–water partition coefficient (Wildman–Crippen LogP) is 2.15. The lowest BCUT2D eigenvalue weighted by Crippen LogP contribution is -2.51. The van der Waals surface area contributed by atoms with Crippen molar-refractivity contribution in [1.82, 2.24) is 20.0 Å². The maximum Gasteiger partial charge on any atom is 0.193 e. The summed E-state index contributed by atoms with van der Waals surface area (Å²) in [4.78, 5) is 7.23. The van der Waals surface area contributed by atoms with Crippen molar-refractivity contribution in [2.45, 2.75) is 38.4 Å². The third kappa shape index (κ3) is 5.23. The van der Waals surface area contributed by atoms with E-state index >= 15 is 0 Å². The molecule has 0 aromatic carbocycles. The highest BCUT2D eigenvalue weighted by Gasteiger charge is 2.28. The smallest absolute Gasteiger partial charge is 0.193 e. The Labute approximate surface area is 138 Å². The summed E-state index contributed by atoms with van der Waals surface area (Å²) in [7, 11) is 1.96. The predicted molar refractivity (Wildman–Crippen MR) is 95.6 cm³/mol. The maximum atomic E-state index is 4.82. The molecule has 1 fully saturated rings. The number of guanidine groups is 1. The molecule has 0 radical (unpaired) electrons. The first-order chi connectivity index (χ1) is 10.5. The van der Waals surface area contributed by atoms with Crippen molar-refractivity contribution >= 4 is 17.7 Å². The van der Waals surface area contributed by atoms with Crippen LogP contribution in [0.3, 0.4) is 0 Å². The van der Waals surface area contributed by atoms with Gasteiger partial charge in [0.15, 0.2) is 5.96 Å². The van der Waals surface area contributed by atoms with E-state index in [9.17, 15) is 0 Å². The summed E-state index contributed by atoms with van der Waals surface area (Å²) in [5, 5.41) is 7.65. The minimum absolute atomic E-state index is 0.310. The molecule has 1 aromatic rings. The Morgan fingerprint density at radius 1 is 1.50 bits per heavy atom. The lowest BCUT2D eigenvalue weighted by atomic mass is 10.2. The fraction of sp³-hybridized carbons (Fsp3) is 0.750. The van der Waals surface area contributed by atoms with E-state index < -0.39 is 0 Å². The Morgan fingerprint density at radius 3 is 2.95 bits per heavy atom. The van der Waals surface area contributed by atoms with E-state index in [1.54, 1.807) is 0 Å². The van der Waals surface area contributed by atoms with Crippen molar-refractivity contribution in [2.75, 3.05) is 31.9 Å². The number of nitrogens with one attached hydrogen (secondary N) is 1. The monoisotopic (exact) mass is 323 g/mol. The summed E-state index contributed by atoms with van der Waals surface area (Å²) in [6.07, 6.45) is 6.13. The lowest BCUT2D eigenvalue weighted by Gasteiger charge is -2.39. The molecule has 0 aliphatic carbocycles. The number of hydrogen-bond acceptors (Lipinski definition) is 3. The van der Waals surface area contributed by atoms with E-state index in [0.717, 1.165) is 45.0 Å². The molecule has 1 aromatic heterocycles. The number of aliphatic imine (C=N–C) groups is 1. The minimum atomic E-state index is 0.310. The maximum absolute atomic E-state index is 4.82. The number of rotatable bonds is 5. The second kappa shape index (κ2) is 7.90. The average molecular weight is 324 g/mol. The normalized spacial score (nSPS) is 18.5. The molecule has 0 saturated carbocycles. The number of nitrogens with zero attached hydrogens (tertiary/aromatic N) is 4. The van der Waals surface area contributed by atoms with Crippen molar-refractivity contribution < 1.29 is 0 Å². The highest BCUT2D eigenvalue weighted by Crippen LogP contribution is 2.29. The standard InChI is InChI=1S/C16H29N5S/c1-5-17-15(21-9-10-22-16(2,3)13-21)18-8-6-7-14-11-19-20(4)12-14/h11-12H,5-10,13H2,1-4H3,(H,17,18). The molecular formula is C16H29N5S. The van der Waals surface area contributed by atoms with Crippen LogP contribution >= 0.6 is 11.8 Å². The Morgan fingerprint density at radius 2 is 2.32 bits per heavy atom. The third-order valence-corrected chi connectivity index (χ3v) is 5.00. The fourth-order valence-electron chi connectivity index (χ4n) is 2.69. The largest absolute Gasteiger partial charge is 0.357 e. The number of thioether (sulfide) groups is 1. The summed E-state index contributed by atoms with van der Waals surface area (Å²) >= 11 is 2.05. The van der Waals surface area contributed by atoms with Gasteiger partial charge in [0.25, 0.3) is 0 Å². The van der Waals surface area contributed by atoms with Gasteiger partial charge in [0.2, 0.25) is 0 Å². The van der Waals surface area contributed by atoms with Crippen LogP contribution in [0.4, 0.5) is 0 Å². The van der Waals surface area contributed by atoms with Crippen LogP contribution in [0.1, 0.15) is 32.8 Å². The molecule has 1 saturated heterocycles. The van der Waals surface area contributed by atoms with Crippen LogP contribution in [-0.4, -0.2) is 57.3 Å². The van der Waals surface area contributed by atoms with E-state index in [2.05, 4.69) is 54.0 Å². The molecular weight excluding hydrogens is 294 g/mol. The van der Waals surface area contributed by atoms with Gasteiger partial charge in [-0.3, -0.25) is 9.67 Å². The van der Waals surface area contributed by atoms with Crippen molar-refractivity contribution in [3.05, 3.63) is 18.0 Å². The third-order valence-electron chi connectivity index (χ3n) is 3.70. The molecule has 1 aliphatic rings. The van der Waals surface area contributed by atoms with Crippen LogP contribution in [0, 0.1) is 0 Å². The van der Waals surface area contributed by atoms with Crippen molar-refractivity contribution in [3.63, 3.8) is 0 Å². The first-order valence-electron chi connectivity index (χ1n) is 8.15. The summed E-state index contributed by atoms with van der Waals surface area (Å²) in [6.45, 7) is 10.7. The second-order valence-corrected chi connectivity index (χ2v) is 8.19. The summed E-state index contributed by atoms with van der Waals surface area (Å²) in [6, 6.07) is 0. The highest BCUT2D eigenvalue weighted by atomic mass is 32.2. The molecule has 6 heteroatoms. The number of hydrogen-bond donors (Lipinski definition) is 1. The summed E-state index contributed by atoms with van der Waals surface area (Å²) < 4.78 is 2.17. The highest BCUT2D eigenvalue weighted by molar-refractivity contribution is 8.00. The second-order valence-electron chi connectivity index (χ2n) is 6.39. The zero-order valence-electron chi connectivity index (χ0n) is 14.3. The van der Waals surface area contributed by atoms with Gasteiger partial charge in [-0.1, -0.05) is 0 Å². The molecule has 5 nitrogen and oxygen atoms in total. The van der Waals surface area contributed by atoms with Crippen molar-refractivity contribution in [2.24, 2.45) is 12.0 Å². The van der Waals surface area contributed by atoms with Crippen LogP contribution < -0.4 is 5.32 Å². The first-order valence-corrected chi connectivity index (χ1v) is 9.13. The van der Waals surface area contributed by atoms with Gasteiger partial charge in [-0.15, -0.1) is 0 Å². The van der Waals surface area contributed by atoms with E-state index in [1.165, 1.54) is 11.3 Å². The quantitative estimate of drug-likeness (QED) is 0.512. The van der Waals surface area contributed by atoms with E-state index in [4.69, 9.17) is 4.99 Å². The molecule has 124 valence electrons. The van der Waals surface area contributed by atoms with Gasteiger partial charge in [-0.05, 0) is 39.2 Å². The van der Waals surface area contributed by atoms with Gasteiger partial charge in [0, 0.05) is 49.9 Å². The van der Waals surface area contributed by atoms with Gasteiger partial charge in [0.1, 0.15) is 0 Å². The first kappa shape index (κ1) is 17.2. The van der Waals surface area contributed by atoms with Gasteiger partial charge in [-0.25, -0.2) is 0 Å². The van der Waals surface area contributed by atoms with Crippen LogP contribution in [0.5, 0.6) is 0 Å².